The monoisotopic (exact) mass is 406 g/mol. The Morgan fingerprint density at radius 1 is 1.25 bits per heavy atom. The van der Waals surface area contributed by atoms with Gasteiger partial charge in [0.15, 0.2) is 6.10 Å². The molecule has 2 atom stereocenters. The van der Waals surface area contributed by atoms with E-state index in [1.54, 1.807) is 0 Å². The molecule has 1 amide bonds. The number of carbonyl (C=O) groups is 1. The van der Waals surface area contributed by atoms with Crippen LogP contribution in [0.1, 0.15) is 32.3 Å². The summed E-state index contributed by atoms with van der Waals surface area (Å²) in [7, 11) is 0. The molecule has 0 heterocycles. The molecule has 112 valence electrons. The third kappa shape index (κ3) is 4.75. The van der Waals surface area contributed by atoms with Gasteiger partial charge in [-0.3, -0.25) is 4.79 Å². The first-order valence-electron chi connectivity index (χ1n) is 6.58. The summed E-state index contributed by atoms with van der Waals surface area (Å²) in [6, 6.07) is 4.06. The molecule has 2 unspecified atom stereocenters. The van der Waals surface area contributed by atoms with Gasteiger partial charge in [0.2, 0.25) is 0 Å². The lowest BCUT2D eigenvalue weighted by molar-refractivity contribution is -0.124. The van der Waals surface area contributed by atoms with E-state index in [1.807, 2.05) is 19.1 Å². The van der Waals surface area contributed by atoms with E-state index >= 15 is 0 Å². The molecule has 0 aliphatic rings. The number of benzene rings is 1. The topological polar surface area (TPSA) is 78.3 Å². The number of rotatable bonds is 7. The molecule has 0 aliphatic heterocycles. The van der Waals surface area contributed by atoms with Crippen molar-refractivity contribution in [3.63, 3.8) is 0 Å². The highest BCUT2D eigenvalue weighted by Gasteiger charge is 2.19. The average Bonchev–Trinajstić information content (AvgIpc) is 2.37. The summed E-state index contributed by atoms with van der Waals surface area (Å²) < 4.78 is 7.24. The fourth-order valence-electron chi connectivity index (χ4n) is 1.77. The molecule has 4 N–H and O–H groups in total. The zero-order chi connectivity index (χ0) is 15.3. The summed E-state index contributed by atoms with van der Waals surface area (Å²) in [5, 5.41) is 0. The van der Waals surface area contributed by atoms with Crippen molar-refractivity contribution in [3.05, 3.63) is 26.6 Å². The number of primary amides is 1. The first-order chi connectivity index (χ1) is 9.38. The fraction of sp³-hybridized carbons (Fsp3) is 0.500. The normalized spacial score (nSPS) is 13.8. The second-order valence-corrected chi connectivity index (χ2v) is 6.39. The lowest BCUT2D eigenvalue weighted by atomic mass is 10.0. The van der Waals surface area contributed by atoms with Crippen molar-refractivity contribution in [2.45, 2.75) is 45.3 Å². The molecule has 1 rings (SSSR count). The number of halogens is 2. The largest absolute Gasteiger partial charge is 0.478 e. The molecule has 0 bridgehead atoms. The molecule has 1 aromatic rings. The Labute approximate surface area is 136 Å². The van der Waals surface area contributed by atoms with Crippen molar-refractivity contribution >= 4 is 37.8 Å². The zero-order valence-electron chi connectivity index (χ0n) is 11.7. The van der Waals surface area contributed by atoms with Crippen LogP contribution in [0.25, 0.3) is 0 Å². The Morgan fingerprint density at radius 2 is 1.80 bits per heavy atom. The minimum absolute atomic E-state index is 0.134. The molecule has 1 aromatic carbocycles. The minimum atomic E-state index is -0.633. The number of ether oxygens (including phenoxy) is 1. The molecule has 0 saturated carbocycles. The van der Waals surface area contributed by atoms with Crippen molar-refractivity contribution < 1.29 is 9.53 Å². The number of amides is 1. The highest BCUT2D eigenvalue weighted by atomic mass is 79.9. The number of hydrogen-bond donors (Lipinski definition) is 2. The van der Waals surface area contributed by atoms with Gasteiger partial charge in [-0.1, -0.05) is 13.8 Å². The lowest BCUT2D eigenvalue weighted by Gasteiger charge is -2.18. The van der Waals surface area contributed by atoms with Gasteiger partial charge >= 0.3 is 0 Å². The van der Waals surface area contributed by atoms with E-state index < -0.39 is 12.0 Å². The van der Waals surface area contributed by atoms with Crippen LogP contribution in [0.4, 0.5) is 0 Å². The Kier molecular flexibility index (Phi) is 6.99. The van der Waals surface area contributed by atoms with Gasteiger partial charge in [-0.15, -0.1) is 0 Å². The van der Waals surface area contributed by atoms with Crippen molar-refractivity contribution in [1.82, 2.24) is 0 Å². The number of hydrogen-bond acceptors (Lipinski definition) is 3. The van der Waals surface area contributed by atoms with E-state index in [4.69, 9.17) is 16.2 Å². The molecule has 0 aromatic heterocycles. The lowest BCUT2D eigenvalue weighted by Crippen LogP contribution is -2.33. The Balaban J connectivity index is 2.97. The molecule has 6 heteroatoms. The fourth-order valence-corrected chi connectivity index (χ4v) is 3.24. The first-order valence-corrected chi connectivity index (χ1v) is 8.17. The van der Waals surface area contributed by atoms with Crippen LogP contribution in [-0.2, 0) is 11.2 Å². The van der Waals surface area contributed by atoms with Crippen LogP contribution >= 0.6 is 31.9 Å². The molecule has 4 nitrogen and oxygen atoms in total. The van der Waals surface area contributed by atoms with Crippen LogP contribution in [0.15, 0.2) is 21.1 Å². The van der Waals surface area contributed by atoms with Crippen molar-refractivity contribution in [1.29, 1.82) is 0 Å². The Hall–Kier alpha value is -0.590. The van der Waals surface area contributed by atoms with Crippen LogP contribution in [0.5, 0.6) is 5.75 Å². The van der Waals surface area contributed by atoms with Gasteiger partial charge in [0.05, 0.1) is 8.95 Å². The van der Waals surface area contributed by atoms with Crippen LogP contribution < -0.4 is 16.2 Å². The van der Waals surface area contributed by atoms with Crippen LogP contribution in [0, 0.1) is 0 Å². The maximum atomic E-state index is 11.3. The zero-order valence-corrected chi connectivity index (χ0v) is 14.8. The second kappa shape index (κ2) is 8.00. The predicted molar refractivity (Wildman–Crippen MR) is 87.7 cm³/mol. The molecular weight excluding hydrogens is 388 g/mol. The van der Waals surface area contributed by atoms with Crippen LogP contribution in [0.3, 0.4) is 0 Å². The van der Waals surface area contributed by atoms with Gasteiger partial charge in [-0.25, -0.2) is 0 Å². The summed E-state index contributed by atoms with van der Waals surface area (Å²) in [6.07, 6.45) is 1.61. The van der Waals surface area contributed by atoms with Gasteiger partial charge in [0.25, 0.3) is 5.91 Å². The smallest absolute Gasteiger partial charge is 0.258 e. The average molecular weight is 408 g/mol. The molecular formula is C14H20Br2N2O2. The van der Waals surface area contributed by atoms with E-state index in [-0.39, 0.29) is 6.04 Å². The van der Waals surface area contributed by atoms with Gasteiger partial charge in [-0.05, 0) is 68.8 Å². The van der Waals surface area contributed by atoms with E-state index in [2.05, 4.69) is 38.8 Å². The van der Waals surface area contributed by atoms with E-state index in [1.165, 1.54) is 0 Å². The quantitative estimate of drug-likeness (QED) is 0.728. The minimum Gasteiger partial charge on any atom is -0.478 e. The standard InChI is InChI=1S/C14H20Br2N2O2/c1-3-9(17)5-8-6-10(15)13(11(16)7-8)20-12(4-2)14(18)19/h6-7,9,12H,3-5,17H2,1-2H3,(H2,18,19). The maximum absolute atomic E-state index is 11.3. The molecule has 0 radical (unpaired) electrons. The SMILES string of the molecule is CCC(N)Cc1cc(Br)c(OC(CC)C(N)=O)c(Br)c1. The highest BCUT2D eigenvalue weighted by molar-refractivity contribution is 9.11. The summed E-state index contributed by atoms with van der Waals surface area (Å²) in [4.78, 5) is 11.3. The van der Waals surface area contributed by atoms with Crippen molar-refractivity contribution in [2.75, 3.05) is 0 Å². The van der Waals surface area contributed by atoms with Crippen LogP contribution in [0.2, 0.25) is 0 Å². The van der Waals surface area contributed by atoms with Crippen LogP contribution in [-0.4, -0.2) is 18.1 Å². The summed E-state index contributed by atoms with van der Waals surface area (Å²) >= 11 is 6.94. The van der Waals surface area contributed by atoms with E-state index in [9.17, 15) is 4.79 Å². The highest BCUT2D eigenvalue weighted by Crippen LogP contribution is 2.36. The predicted octanol–water partition coefficient (Wildman–Crippen LogP) is 3.13. The molecule has 20 heavy (non-hydrogen) atoms. The molecule has 0 saturated heterocycles. The molecule has 0 spiro atoms. The second-order valence-electron chi connectivity index (χ2n) is 4.68. The Bertz CT molecular complexity index is 457. The first kappa shape index (κ1) is 17.5. The number of carbonyl (C=O) groups excluding carboxylic acids is 1. The van der Waals surface area contributed by atoms with E-state index in [0.29, 0.717) is 12.2 Å². The maximum Gasteiger partial charge on any atom is 0.258 e. The summed E-state index contributed by atoms with van der Waals surface area (Å²) in [5.74, 6) is 0.118. The third-order valence-electron chi connectivity index (χ3n) is 3.03. The van der Waals surface area contributed by atoms with Crippen molar-refractivity contribution in [2.24, 2.45) is 11.5 Å². The van der Waals surface area contributed by atoms with Gasteiger partial charge in [0, 0.05) is 6.04 Å². The molecule has 0 fully saturated rings. The van der Waals surface area contributed by atoms with Gasteiger partial charge < -0.3 is 16.2 Å². The third-order valence-corrected chi connectivity index (χ3v) is 4.21. The summed E-state index contributed by atoms with van der Waals surface area (Å²) in [6.45, 7) is 3.91. The molecule has 0 aliphatic carbocycles. The Morgan fingerprint density at radius 3 is 2.20 bits per heavy atom. The van der Waals surface area contributed by atoms with Crippen molar-refractivity contribution in [3.8, 4) is 5.75 Å². The van der Waals surface area contributed by atoms with Gasteiger partial charge in [-0.2, -0.15) is 0 Å². The number of nitrogens with two attached hydrogens (primary N) is 2. The van der Waals surface area contributed by atoms with E-state index in [0.717, 1.165) is 27.4 Å². The van der Waals surface area contributed by atoms with Gasteiger partial charge in [0.1, 0.15) is 5.75 Å². The summed E-state index contributed by atoms with van der Waals surface area (Å²) in [5.41, 5.74) is 12.4.